The van der Waals surface area contributed by atoms with E-state index in [9.17, 15) is 9.59 Å². The highest BCUT2D eigenvalue weighted by atomic mass is 79.9. The lowest BCUT2D eigenvalue weighted by molar-refractivity contribution is 0.0698. The van der Waals surface area contributed by atoms with Gasteiger partial charge >= 0.3 is 5.97 Å². The van der Waals surface area contributed by atoms with Gasteiger partial charge in [-0.05, 0) is 30.3 Å². The first kappa shape index (κ1) is 12.4. The maximum Gasteiger partial charge on any atom is 0.337 e. The summed E-state index contributed by atoms with van der Waals surface area (Å²) < 4.78 is 5.60. The second-order valence-corrected chi connectivity index (χ2v) is 4.34. The zero-order valence-electron chi connectivity index (χ0n) is 9.01. The lowest BCUT2D eigenvalue weighted by Gasteiger charge is -2.07. The molecule has 0 saturated heterocycles. The molecule has 2 rings (SSSR count). The van der Waals surface area contributed by atoms with Gasteiger partial charge in [0.1, 0.15) is 0 Å². The number of carbonyl (C=O) groups is 2. The number of aromatic carboxylic acids is 1. The molecule has 2 aromatic rings. The fourth-order valence-corrected chi connectivity index (χ4v) is 1.76. The Morgan fingerprint density at radius 3 is 2.67 bits per heavy atom. The molecular weight excluding hydrogens is 302 g/mol. The van der Waals surface area contributed by atoms with Crippen LogP contribution in [-0.2, 0) is 0 Å². The number of amides is 1. The van der Waals surface area contributed by atoms with E-state index in [2.05, 4.69) is 21.2 Å². The van der Waals surface area contributed by atoms with Gasteiger partial charge in [-0.1, -0.05) is 15.9 Å². The molecule has 1 heterocycles. The maximum atomic E-state index is 11.7. The van der Waals surface area contributed by atoms with Crippen molar-refractivity contribution in [3.8, 4) is 0 Å². The van der Waals surface area contributed by atoms with Crippen molar-refractivity contribution in [1.29, 1.82) is 0 Å². The van der Waals surface area contributed by atoms with Crippen LogP contribution in [0.2, 0.25) is 0 Å². The topological polar surface area (TPSA) is 79.5 Å². The quantitative estimate of drug-likeness (QED) is 0.913. The van der Waals surface area contributed by atoms with Crippen LogP contribution in [0.25, 0.3) is 0 Å². The Morgan fingerprint density at radius 2 is 2.06 bits per heavy atom. The van der Waals surface area contributed by atoms with E-state index >= 15 is 0 Å². The molecule has 0 aliphatic carbocycles. The van der Waals surface area contributed by atoms with Crippen LogP contribution < -0.4 is 5.32 Å². The Hall–Kier alpha value is -2.08. The summed E-state index contributed by atoms with van der Waals surface area (Å²) in [6.07, 6.45) is 1.37. The maximum absolute atomic E-state index is 11.7. The third kappa shape index (κ3) is 2.60. The Morgan fingerprint density at radius 1 is 1.28 bits per heavy atom. The molecule has 1 amide bonds. The van der Waals surface area contributed by atoms with E-state index in [-0.39, 0.29) is 17.0 Å². The molecule has 0 bridgehead atoms. The average molecular weight is 310 g/mol. The summed E-state index contributed by atoms with van der Waals surface area (Å²) in [5.74, 6) is -1.50. The van der Waals surface area contributed by atoms with Gasteiger partial charge in [-0.15, -0.1) is 0 Å². The number of anilines is 1. The average Bonchev–Trinajstić information content (AvgIpc) is 2.81. The fourth-order valence-electron chi connectivity index (χ4n) is 1.40. The van der Waals surface area contributed by atoms with Gasteiger partial charge in [-0.3, -0.25) is 4.79 Å². The Labute approximate surface area is 111 Å². The van der Waals surface area contributed by atoms with Crippen molar-refractivity contribution >= 4 is 33.5 Å². The smallest absolute Gasteiger partial charge is 0.337 e. The molecule has 0 unspecified atom stereocenters. The molecule has 0 fully saturated rings. The van der Waals surface area contributed by atoms with Crippen LogP contribution in [0.4, 0.5) is 5.69 Å². The molecule has 5 nitrogen and oxygen atoms in total. The Bertz CT molecular complexity index is 592. The number of benzene rings is 1. The Balaban J connectivity index is 2.31. The third-order valence-electron chi connectivity index (χ3n) is 2.21. The monoisotopic (exact) mass is 309 g/mol. The van der Waals surface area contributed by atoms with Gasteiger partial charge in [0.25, 0.3) is 5.91 Å². The van der Waals surface area contributed by atoms with Crippen LogP contribution in [0.15, 0.2) is 45.5 Å². The minimum atomic E-state index is -1.11. The first-order chi connectivity index (χ1) is 8.58. The molecule has 1 aromatic heterocycles. The van der Waals surface area contributed by atoms with Gasteiger partial charge < -0.3 is 14.8 Å². The van der Waals surface area contributed by atoms with Gasteiger partial charge in [0.15, 0.2) is 5.76 Å². The lowest BCUT2D eigenvalue weighted by atomic mass is 10.2. The van der Waals surface area contributed by atoms with Crippen LogP contribution in [-0.4, -0.2) is 17.0 Å². The number of halogens is 1. The van der Waals surface area contributed by atoms with Crippen molar-refractivity contribution in [1.82, 2.24) is 0 Å². The highest BCUT2D eigenvalue weighted by Crippen LogP contribution is 2.22. The zero-order chi connectivity index (χ0) is 13.1. The SMILES string of the molecule is O=C(Nc1cc(Br)ccc1C(=O)O)c1ccco1. The summed E-state index contributed by atoms with van der Waals surface area (Å²) in [5.41, 5.74) is 0.219. The summed E-state index contributed by atoms with van der Waals surface area (Å²) in [5, 5.41) is 11.5. The first-order valence-electron chi connectivity index (χ1n) is 4.95. The summed E-state index contributed by atoms with van der Waals surface area (Å²) in [7, 11) is 0. The minimum absolute atomic E-state index is 0.0121. The van der Waals surface area contributed by atoms with E-state index in [1.807, 2.05) is 0 Å². The predicted octanol–water partition coefficient (Wildman–Crippen LogP) is 2.99. The summed E-state index contributed by atoms with van der Waals surface area (Å²) >= 11 is 3.22. The van der Waals surface area contributed by atoms with Gasteiger partial charge in [-0.2, -0.15) is 0 Å². The van der Waals surface area contributed by atoms with Gasteiger partial charge in [0, 0.05) is 4.47 Å². The van der Waals surface area contributed by atoms with Crippen LogP contribution in [0.3, 0.4) is 0 Å². The fraction of sp³-hybridized carbons (Fsp3) is 0. The van der Waals surface area contributed by atoms with Crippen LogP contribution in [0, 0.1) is 0 Å². The van der Waals surface area contributed by atoms with E-state index in [1.165, 1.54) is 24.5 Å². The minimum Gasteiger partial charge on any atom is -0.478 e. The van der Waals surface area contributed by atoms with Crippen molar-refractivity contribution in [3.63, 3.8) is 0 Å². The van der Waals surface area contributed by atoms with Crippen molar-refractivity contribution in [2.45, 2.75) is 0 Å². The molecule has 0 aliphatic rings. The first-order valence-corrected chi connectivity index (χ1v) is 5.75. The van der Waals surface area contributed by atoms with E-state index in [0.29, 0.717) is 4.47 Å². The highest BCUT2D eigenvalue weighted by molar-refractivity contribution is 9.10. The number of rotatable bonds is 3. The standard InChI is InChI=1S/C12H8BrNO4/c13-7-3-4-8(12(16)17)9(6-7)14-11(15)10-2-1-5-18-10/h1-6H,(H,14,15)(H,16,17). The molecule has 92 valence electrons. The van der Waals surface area contributed by atoms with E-state index in [4.69, 9.17) is 9.52 Å². The van der Waals surface area contributed by atoms with Crippen LogP contribution in [0.5, 0.6) is 0 Å². The molecular formula is C12H8BrNO4. The molecule has 6 heteroatoms. The number of nitrogens with one attached hydrogen (secondary N) is 1. The second kappa shape index (κ2) is 5.05. The number of carbonyl (C=O) groups excluding carboxylic acids is 1. The van der Waals surface area contributed by atoms with Crippen molar-refractivity contribution in [2.75, 3.05) is 5.32 Å². The number of carboxylic acid groups (broad SMARTS) is 1. The predicted molar refractivity (Wildman–Crippen MR) is 67.8 cm³/mol. The summed E-state index contributed by atoms with van der Waals surface area (Å²) in [4.78, 5) is 22.8. The highest BCUT2D eigenvalue weighted by Gasteiger charge is 2.15. The number of hydrogen-bond donors (Lipinski definition) is 2. The number of hydrogen-bond acceptors (Lipinski definition) is 3. The third-order valence-corrected chi connectivity index (χ3v) is 2.70. The summed E-state index contributed by atoms with van der Waals surface area (Å²) in [6.45, 7) is 0. The van der Waals surface area contributed by atoms with Crippen LogP contribution in [0.1, 0.15) is 20.9 Å². The largest absolute Gasteiger partial charge is 0.478 e. The molecule has 0 saturated carbocycles. The molecule has 18 heavy (non-hydrogen) atoms. The molecule has 0 atom stereocenters. The van der Waals surface area contributed by atoms with E-state index in [1.54, 1.807) is 12.1 Å². The van der Waals surface area contributed by atoms with E-state index < -0.39 is 11.9 Å². The molecule has 0 spiro atoms. The van der Waals surface area contributed by atoms with Crippen LogP contribution >= 0.6 is 15.9 Å². The Kier molecular flexibility index (Phi) is 3.47. The van der Waals surface area contributed by atoms with Gasteiger partial charge in [-0.25, -0.2) is 4.79 Å². The molecule has 1 aromatic carbocycles. The molecule has 2 N–H and O–H groups in total. The second-order valence-electron chi connectivity index (χ2n) is 3.43. The molecule has 0 radical (unpaired) electrons. The van der Waals surface area contributed by atoms with Crippen molar-refractivity contribution in [2.24, 2.45) is 0 Å². The van der Waals surface area contributed by atoms with Gasteiger partial charge in [0.2, 0.25) is 0 Å². The number of carboxylic acids is 1. The zero-order valence-corrected chi connectivity index (χ0v) is 10.6. The number of furan rings is 1. The normalized spacial score (nSPS) is 10.1. The lowest BCUT2D eigenvalue weighted by Crippen LogP contribution is -2.14. The summed E-state index contributed by atoms with van der Waals surface area (Å²) in [6, 6.07) is 7.59. The van der Waals surface area contributed by atoms with E-state index in [0.717, 1.165) is 0 Å². The molecule has 0 aliphatic heterocycles. The van der Waals surface area contributed by atoms with Crippen molar-refractivity contribution in [3.05, 3.63) is 52.4 Å². The van der Waals surface area contributed by atoms with Gasteiger partial charge in [0.05, 0.1) is 17.5 Å². The van der Waals surface area contributed by atoms with Crippen molar-refractivity contribution < 1.29 is 19.1 Å².